The van der Waals surface area contributed by atoms with Crippen molar-refractivity contribution in [3.8, 4) is 5.75 Å². The molecule has 2 heterocycles. The number of nitrogens with zero attached hydrogens (tertiary/aromatic N) is 1. The Kier molecular flexibility index (Phi) is 7.42. The summed E-state index contributed by atoms with van der Waals surface area (Å²) in [6.45, 7) is 1.48. The summed E-state index contributed by atoms with van der Waals surface area (Å²) in [6, 6.07) is 0. The lowest BCUT2D eigenvalue weighted by atomic mass is 10.1. The fraction of sp³-hybridized carbons (Fsp3) is 0.667. The summed E-state index contributed by atoms with van der Waals surface area (Å²) in [5.41, 5.74) is -0.592. The van der Waals surface area contributed by atoms with Crippen LogP contribution < -0.4 is 10.3 Å². The number of H-pyrrole nitrogens is 1. The lowest BCUT2D eigenvalue weighted by Crippen LogP contribution is -2.35. The molecule has 1 aromatic heterocycles. The van der Waals surface area contributed by atoms with Gasteiger partial charge < -0.3 is 34.0 Å². The maximum absolute atomic E-state index is 11.9. The van der Waals surface area contributed by atoms with Gasteiger partial charge in [-0.25, -0.2) is 4.57 Å². The number of nitrogens with one attached hydrogen (secondary N) is 1. The average Bonchev–Trinajstić information content (AvgIpc) is 2.84. The summed E-state index contributed by atoms with van der Waals surface area (Å²) >= 11 is 6.08. The molecule has 0 amide bonds. The van der Waals surface area contributed by atoms with E-state index < -0.39 is 42.8 Å². The summed E-state index contributed by atoms with van der Waals surface area (Å²) < 4.78 is 27.2. The number of rotatable bonds is 8. The first-order valence-corrected chi connectivity index (χ1v) is 10.3. The van der Waals surface area contributed by atoms with E-state index >= 15 is 0 Å². The van der Waals surface area contributed by atoms with Crippen LogP contribution in [0, 0.1) is 4.77 Å². The van der Waals surface area contributed by atoms with Crippen molar-refractivity contribution in [2.24, 2.45) is 0 Å². The van der Waals surface area contributed by atoms with Gasteiger partial charge >= 0.3 is 7.82 Å². The van der Waals surface area contributed by atoms with Crippen molar-refractivity contribution in [1.82, 2.24) is 9.55 Å². The van der Waals surface area contributed by atoms with Crippen LogP contribution in [0.2, 0.25) is 0 Å². The smallest absolute Gasteiger partial charge is 0.460 e. The minimum atomic E-state index is -4.89. The molecule has 26 heavy (non-hydrogen) atoms. The molecule has 0 saturated carbocycles. The van der Waals surface area contributed by atoms with Crippen LogP contribution in [0.5, 0.6) is 5.75 Å². The molecular weight excluding hydrogens is 411 g/mol. The number of aromatic amines is 1. The van der Waals surface area contributed by atoms with Crippen LogP contribution in [0.25, 0.3) is 0 Å². The Balaban J connectivity index is 2.32. The van der Waals surface area contributed by atoms with Gasteiger partial charge in [0.1, 0.15) is 17.6 Å². The van der Waals surface area contributed by atoms with Crippen LogP contribution in [0.4, 0.5) is 0 Å². The summed E-state index contributed by atoms with van der Waals surface area (Å²) in [5.74, 6) is -0.111. The molecule has 1 saturated heterocycles. The van der Waals surface area contributed by atoms with Gasteiger partial charge in [0.25, 0.3) is 5.56 Å². The van der Waals surface area contributed by atoms with E-state index in [4.69, 9.17) is 31.5 Å². The van der Waals surface area contributed by atoms with Gasteiger partial charge in [0.2, 0.25) is 5.75 Å². The Labute approximate surface area is 157 Å². The highest BCUT2D eigenvalue weighted by Gasteiger charge is 2.47. The molecular formula is C12H19N2O9PS2. The molecule has 14 heteroatoms. The zero-order valence-electron chi connectivity index (χ0n) is 13.5. The van der Waals surface area contributed by atoms with Gasteiger partial charge in [-0.1, -0.05) is 0 Å². The van der Waals surface area contributed by atoms with Crippen LogP contribution in [-0.4, -0.2) is 67.0 Å². The van der Waals surface area contributed by atoms with Crippen LogP contribution in [0.3, 0.4) is 0 Å². The van der Waals surface area contributed by atoms with Crippen molar-refractivity contribution >= 4 is 31.8 Å². The molecule has 2 rings (SSSR count). The first-order chi connectivity index (χ1) is 12.2. The maximum atomic E-state index is 11.9. The first kappa shape index (κ1) is 21.5. The predicted octanol–water partition coefficient (Wildman–Crippen LogP) is -0.276. The Hall–Kier alpha value is -0.760. The van der Waals surface area contributed by atoms with Crippen molar-refractivity contribution in [3.63, 3.8) is 0 Å². The highest BCUT2D eigenvalue weighted by atomic mass is 32.2. The number of hydrogen-bond acceptors (Lipinski definition) is 9. The topological polar surface area (TPSA) is 163 Å². The number of aliphatic hydroxyl groups excluding tert-OH is 2. The summed E-state index contributed by atoms with van der Waals surface area (Å²) in [6.07, 6.45) is -1.49. The van der Waals surface area contributed by atoms with Crippen molar-refractivity contribution in [3.05, 3.63) is 21.3 Å². The molecule has 11 nitrogen and oxygen atoms in total. The van der Waals surface area contributed by atoms with Gasteiger partial charge in [0.05, 0.1) is 18.1 Å². The Morgan fingerprint density at radius 1 is 1.46 bits per heavy atom. The van der Waals surface area contributed by atoms with Crippen molar-refractivity contribution in [2.45, 2.75) is 29.8 Å². The number of phosphoric acid groups is 1. The Morgan fingerprint density at radius 3 is 2.73 bits per heavy atom. The summed E-state index contributed by atoms with van der Waals surface area (Å²) in [4.78, 5) is 32.3. The molecule has 1 aliphatic rings. The Morgan fingerprint density at radius 2 is 2.15 bits per heavy atom. The third kappa shape index (κ3) is 5.15. The zero-order chi connectivity index (χ0) is 19.5. The highest BCUT2D eigenvalue weighted by Crippen LogP contribution is 2.49. The van der Waals surface area contributed by atoms with E-state index in [0.29, 0.717) is 6.61 Å². The van der Waals surface area contributed by atoms with Crippen molar-refractivity contribution < 1.29 is 38.6 Å². The van der Waals surface area contributed by atoms with E-state index in [1.807, 2.05) is 0 Å². The Bertz CT molecular complexity index is 779. The van der Waals surface area contributed by atoms with E-state index in [2.05, 4.69) is 9.51 Å². The van der Waals surface area contributed by atoms with E-state index in [0.717, 1.165) is 11.8 Å². The normalized spacial score (nSPS) is 26.2. The minimum absolute atomic E-state index is 0.0381. The first-order valence-electron chi connectivity index (χ1n) is 7.42. The molecule has 0 radical (unpaired) electrons. The van der Waals surface area contributed by atoms with Crippen LogP contribution in [0.15, 0.2) is 11.0 Å². The van der Waals surface area contributed by atoms with Crippen LogP contribution in [0.1, 0.15) is 12.3 Å². The fourth-order valence-corrected chi connectivity index (χ4v) is 4.76. The molecule has 1 fully saturated rings. The monoisotopic (exact) mass is 430 g/mol. The van der Waals surface area contributed by atoms with E-state index in [1.54, 1.807) is 6.92 Å². The SMILES string of the molecule is CCOCOc1cn(C2SC(CO)C(OP(=O)(O)O)C2O)c(=S)[nH]c1=O. The summed E-state index contributed by atoms with van der Waals surface area (Å²) in [7, 11) is -4.89. The van der Waals surface area contributed by atoms with Gasteiger partial charge in [-0.2, -0.15) is 0 Å². The zero-order valence-corrected chi connectivity index (χ0v) is 16.1. The van der Waals surface area contributed by atoms with E-state index in [1.165, 1.54) is 10.8 Å². The third-order valence-corrected chi connectivity index (χ3v) is 5.84. The van der Waals surface area contributed by atoms with Gasteiger partial charge in [-0.05, 0) is 19.1 Å². The number of phosphoric ester groups is 1. The molecule has 1 aliphatic heterocycles. The second kappa shape index (κ2) is 8.95. The third-order valence-electron chi connectivity index (χ3n) is 3.46. The molecule has 0 bridgehead atoms. The second-order valence-corrected chi connectivity index (χ2v) is 8.15. The standard InChI is InChI=1S/C12H19N2O9PS2/c1-2-21-5-22-6-3-14(12(25)13-10(6)17)11-8(16)9(7(4-15)26-11)23-24(18,19)20/h3,7-9,11,15-16H,2,4-5H2,1H3,(H,13,17,25)(H2,18,19,20). The van der Waals surface area contributed by atoms with Crippen molar-refractivity contribution in [2.75, 3.05) is 20.0 Å². The van der Waals surface area contributed by atoms with Gasteiger partial charge in [0, 0.05) is 6.61 Å². The van der Waals surface area contributed by atoms with Gasteiger partial charge in [-0.3, -0.25) is 14.3 Å². The fourth-order valence-electron chi connectivity index (χ4n) is 2.33. The molecule has 1 aromatic rings. The lowest BCUT2D eigenvalue weighted by molar-refractivity contribution is 0.00760. The summed E-state index contributed by atoms with van der Waals surface area (Å²) in [5, 5.41) is 18.2. The minimum Gasteiger partial charge on any atom is -0.460 e. The second-order valence-electron chi connectivity index (χ2n) is 5.21. The van der Waals surface area contributed by atoms with E-state index in [9.17, 15) is 19.6 Å². The maximum Gasteiger partial charge on any atom is 0.469 e. The largest absolute Gasteiger partial charge is 0.469 e. The van der Waals surface area contributed by atoms with Gasteiger partial charge in [-0.15, -0.1) is 11.8 Å². The number of aromatic nitrogens is 2. The molecule has 4 atom stereocenters. The molecule has 0 aliphatic carbocycles. The molecule has 0 aromatic carbocycles. The molecule has 148 valence electrons. The molecule has 5 N–H and O–H groups in total. The highest BCUT2D eigenvalue weighted by molar-refractivity contribution is 8.00. The number of thioether (sulfide) groups is 1. The number of ether oxygens (including phenoxy) is 2. The number of aliphatic hydroxyl groups is 2. The predicted molar refractivity (Wildman–Crippen MR) is 93.4 cm³/mol. The number of hydrogen-bond donors (Lipinski definition) is 5. The van der Waals surface area contributed by atoms with E-state index in [-0.39, 0.29) is 17.3 Å². The quantitative estimate of drug-likeness (QED) is 0.160. The average molecular weight is 430 g/mol. The van der Waals surface area contributed by atoms with Crippen molar-refractivity contribution in [1.29, 1.82) is 0 Å². The molecule has 0 spiro atoms. The lowest BCUT2D eigenvalue weighted by Gasteiger charge is -2.22. The van der Waals surface area contributed by atoms with Crippen LogP contribution >= 0.6 is 31.8 Å². The van der Waals surface area contributed by atoms with Gasteiger partial charge in [0.15, 0.2) is 11.6 Å². The molecule has 4 unspecified atom stereocenters. The van der Waals surface area contributed by atoms with Crippen LogP contribution in [-0.2, 0) is 13.8 Å².